The van der Waals surface area contributed by atoms with Crippen LogP contribution in [0, 0.1) is 0 Å². The zero-order valence-electron chi connectivity index (χ0n) is 11.9. The Morgan fingerprint density at radius 1 is 1.15 bits per heavy atom. The number of hydrogen-bond donors (Lipinski definition) is 1. The van der Waals surface area contributed by atoms with E-state index < -0.39 is 0 Å². The van der Waals surface area contributed by atoms with Crippen LogP contribution in [0.1, 0.15) is 32.6 Å². The molecule has 112 valence electrons. The minimum Gasteiger partial charge on any atom is -0.378 e. The fourth-order valence-corrected chi connectivity index (χ4v) is 2.23. The second kappa shape index (κ2) is 8.21. The molecule has 2 heterocycles. The van der Waals surface area contributed by atoms with E-state index in [9.17, 15) is 0 Å². The van der Waals surface area contributed by atoms with E-state index >= 15 is 0 Å². The third-order valence-electron chi connectivity index (χ3n) is 3.20. The lowest BCUT2D eigenvalue weighted by atomic mass is 10.2. The van der Waals surface area contributed by atoms with E-state index in [1.807, 2.05) is 0 Å². The fraction of sp³-hybridized carbons (Fsp3) is 0.769. The van der Waals surface area contributed by atoms with Gasteiger partial charge in [-0.2, -0.15) is 15.0 Å². The summed E-state index contributed by atoms with van der Waals surface area (Å²) in [7, 11) is 0. The summed E-state index contributed by atoms with van der Waals surface area (Å²) in [6, 6.07) is 0. The van der Waals surface area contributed by atoms with Gasteiger partial charge < -0.3 is 15.0 Å². The molecule has 6 nitrogen and oxygen atoms in total. The van der Waals surface area contributed by atoms with Gasteiger partial charge in [-0.15, -0.1) is 0 Å². The van der Waals surface area contributed by atoms with E-state index in [2.05, 4.69) is 32.1 Å². The second-order valence-electron chi connectivity index (χ2n) is 4.81. The normalized spacial score (nSPS) is 15.4. The highest BCUT2D eigenvalue weighted by molar-refractivity contribution is 6.28. The fourth-order valence-electron chi connectivity index (χ4n) is 2.08. The van der Waals surface area contributed by atoms with Gasteiger partial charge >= 0.3 is 0 Å². The summed E-state index contributed by atoms with van der Waals surface area (Å²) in [5.74, 6) is 1.19. The van der Waals surface area contributed by atoms with Crippen LogP contribution in [0.5, 0.6) is 0 Å². The van der Waals surface area contributed by atoms with Gasteiger partial charge in [0.25, 0.3) is 0 Å². The Hall–Kier alpha value is -1.14. The quantitative estimate of drug-likeness (QED) is 0.780. The Labute approximate surface area is 124 Å². The van der Waals surface area contributed by atoms with Crippen molar-refractivity contribution in [1.29, 1.82) is 0 Å². The molecule has 0 aromatic carbocycles. The van der Waals surface area contributed by atoms with Crippen molar-refractivity contribution < 1.29 is 4.74 Å². The number of rotatable bonds is 7. The van der Waals surface area contributed by atoms with Crippen molar-refractivity contribution in [3.63, 3.8) is 0 Å². The Bertz CT molecular complexity index is 412. The van der Waals surface area contributed by atoms with E-state index in [-0.39, 0.29) is 5.28 Å². The lowest BCUT2D eigenvalue weighted by Gasteiger charge is -2.26. The first-order chi connectivity index (χ1) is 9.79. The van der Waals surface area contributed by atoms with E-state index in [1.165, 1.54) is 19.3 Å². The SMILES string of the molecule is CCCCCCNc1nc(Cl)nc(N2CCOCC2)n1. The van der Waals surface area contributed by atoms with Crippen LogP contribution in [-0.4, -0.2) is 47.8 Å². The summed E-state index contributed by atoms with van der Waals surface area (Å²) >= 11 is 5.97. The molecular weight excluding hydrogens is 278 g/mol. The second-order valence-corrected chi connectivity index (χ2v) is 5.15. The van der Waals surface area contributed by atoms with Gasteiger partial charge in [0, 0.05) is 19.6 Å². The van der Waals surface area contributed by atoms with Crippen LogP contribution >= 0.6 is 11.6 Å². The number of aromatic nitrogens is 3. The van der Waals surface area contributed by atoms with Crippen LogP contribution in [0.2, 0.25) is 5.28 Å². The van der Waals surface area contributed by atoms with Gasteiger partial charge in [0.2, 0.25) is 17.2 Å². The molecule has 0 saturated carbocycles. The largest absolute Gasteiger partial charge is 0.378 e. The molecule has 1 N–H and O–H groups in total. The van der Waals surface area contributed by atoms with Crippen molar-refractivity contribution in [2.45, 2.75) is 32.6 Å². The van der Waals surface area contributed by atoms with Crippen LogP contribution < -0.4 is 10.2 Å². The minimum atomic E-state index is 0.234. The zero-order valence-corrected chi connectivity index (χ0v) is 12.7. The van der Waals surface area contributed by atoms with Crippen molar-refractivity contribution in [1.82, 2.24) is 15.0 Å². The average molecular weight is 300 g/mol. The highest BCUT2D eigenvalue weighted by Gasteiger charge is 2.15. The molecule has 0 amide bonds. The van der Waals surface area contributed by atoms with Gasteiger partial charge in [0.1, 0.15) is 0 Å². The zero-order chi connectivity index (χ0) is 14.2. The van der Waals surface area contributed by atoms with Gasteiger partial charge in [-0.25, -0.2) is 0 Å². The number of nitrogens with one attached hydrogen (secondary N) is 1. The Morgan fingerprint density at radius 2 is 1.95 bits per heavy atom. The Morgan fingerprint density at radius 3 is 2.70 bits per heavy atom. The van der Waals surface area contributed by atoms with E-state index in [0.717, 1.165) is 26.1 Å². The number of unbranched alkanes of at least 4 members (excludes halogenated alkanes) is 3. The van der Waals surface area contributed by atoms with Crippen LogP contribution in [-0.2, 0) is 4.74 Å². The molecule has 0 atom stereocenters. The smallest absolute Gasteiger partial charge is 0.231 e. The first-order valence-electron chi connectivity index (χ1n) is 7.27. The molecule has 1 fully saturated rings. The maximum Gasteiger partial charge on any atom is 0.231 e. The van der Waals surface area contributed by atoms with E-state index in [4.69, 9.17) is 16.3 Å². The molecule has 1 aromatic heterocycles. The molecule has 20 heavy (non-hydrogen) atoms. The molecule has 0 spiro atoms. The third-order valence-corrected chi connectivity index (χ3v) is 3.37. The number of anilines is 2. The van der Waals surface area contributed by atoms with Crippen LogP contribution in [0.3, 0.4) is 0 Å². The summed E-state index contributed by atoms with van der Waals surface area (Å²) in [5.41, 5.74) is 0. The lowest BCUT2D eigenvalue weighted by molar-refractivity contribution is 0.122. The van der Waals surface area contributed by atoms with Crippen LogP contribution in [0.4, 0.5) is 11.9 Å². The number of hydrogen-bond acceptors (Lipinski definition) is 6. The van der Waals surface area contributed by atoms with E-state index in [0.29, 0.717) is 25.1 Å². The molecule has 0 unspecified atom stereocenters. The van der Waals surface area contributed by atoms with Gasteiger partial charge in [0.05, 0.1) is 13.2 Å². The average Bonchev–Trinajstić information content (AvgIpc) is 2.47. The number of ether oxygens (including phenoxy) is 1. The molecule has 1 aromatic rings. The van der Waals surface area contributed by atoms with Gasteiger partial charge in [-0.1, -0.05) is 26.2 Å². The maximum atomic E-state index is 5.97. The highest BCUT2D eigenvalue weighted by Crippen LogP contribution is 2.15. The molecule has 7 heteroatoms. The topological polar surface area (TPSA) is 63.2 Å². The first kappa shape index (κ1) is 15.3. The molecule has 1 saturated heterocycles. The lowest BCUT2D eigenvalue weighted by Crippen LogP contribution is -2.37. The van der Waals surface area contributed by atoms with Crippen molar-refractivity contribution in [3.8, 4) is 0 Å². The van der Waals surface area contributed by atoms with Crippen LogP contribution in [0.25, 0.3) is 0 Å². The van der Waals surface area contributed by atoms with E-state index in [1.54, 1.807) is 0 Å². The number of nitrogens with zero attached hydrogens (tertiary/aromatic N) is 4. The number of morpholine rings is 1. The summed E-state index contributed by atoms with van der Waals surface area (Å²) in [6.45, 7) is 6.04. The van der Waals surface area contributed by atoms with Crippen LogP contribution in [0.15, 0.2) is 0 Å². The summed E-state index contributed by atoms with van der Waals surface area (Å²) in [4.78, 5) is 14.8. The monoisotopic (exact) mass is 299 g/mol. The molecule has 0 bridgehead atoms. The molecule has 1 aliphatic heterocycles. The van der Waals surface area contributed by atoms with Crippen molar-refractivity contribution in [2.75, 3.05) is 43.1 Å². The predicted octanol–water partition coefficient (Wildman–Crippen LogP) is 2.35. The van der Waals surface area contributed by atoms with Crippen molar-refractivity contribution in [3.05, 3.63) is 5.28 Å². The maximum absolute atomic E-state index is 5.97. The first-order valence-corrected chi connectivity index (χ1v) is 7.65. The summed E-state index contributed by atoms with van der Waals surface area (Å²) in [5, 5.41) is 3.45. The summed E-state index contributed by atoms with van der Waals surface area (Å²) < 4.78 is 5.32. The molecule has 1 aliphatic rings. The van der Waals surface area contributed by atoms with Gasteiger partial charge in [-0.3, -0.25) is 0 Å². The molecule has 0 aliphatic carbocycles. The molecule has 2 rings (SSSR count). The molecule has 0 radical (unpaired) electrons. The Kier molecular flexibility index (Phi) is 6.26. The van der Waals surface area contributed by atoms with Gasteiger partial charge in [0.15, 0.2) is 0 Å². The third kappa shape index (κ3) is 4.76. The summed E-state index contributed by atoms with van der Waals surface area (Å²) in [6.07, 6.45) is 4.83. The predicted molar refractivity (Wildman–Crippen MR) is 80.5 cm³/mol. The standard InChI is InChI=1S/C13H22ClN5O/c1-2-3-4-5-6-15-12-16-11(14)17-13(18-12)19-7-9-20-10-8-19/h2-10H2,1H3,(H,15,16,17,18). The minimum absolute atomic E-state index is 0.234. The molecular formula is C13H22ClN5O. The van der Waals surface area contributed by atoms with Crippen molar-refractivity contribution in [2.24, 2.45) is 0 Å². The Balaban J connectivity index is 1.90. The van der Waals surface area contributed by atoms with Crippen molar-refractivity contribution >= 4 is 23.5 Å². The van der Waals surface area contributed by atoms with Gasteiger partial charge in [-0.05, 0) is 18.0 Å². The number of halogens is 1. The highest BCUT2D eigenvalue weighted by atomic mass is 35.5.